The van der Waals surface area contributed by atoms with Crippen molar-refractivity contribution in [2.75, 3.05) is 5.75 Å². The van der Waals surface area contributed by atoms with E-state index in [1.807, 2.05) is 29.6 Å². The highest BCUT2D eigenvalue weighted by atomic mass is 32.1. The zero-order chi connectivity index (χ0) is 10.8. The van der Waals surface area contributed by atoms with Crippen molar-refractivity contribution >= 4 is 34.1 Å². The van der Waals surface area contributed by atoms with Crippen molar-refractivity contribution in [2.45, 2.75) is 12.2 Å². The highest BCUT2D eigenvalue weighted by Crippen LogP contribution is 2.30. The van der Waals surface area contributed by atoms with Gasteiger partial charge < -0.3 is 10.2 Å². The Balaban J connectivity index is 2.46. The van der Waals surface area contributed by atoms with Gasteiger partial charge in [-0.05, 0) is 16.8 Å². The van der Waals surface area contributed by atoms with Crippen LogP contribution in [0, 0.1) is 0 Å². The monoisotopic (exact) mass is 240 g/mol. The minimum Gasteiger partial charge on any atom is -0.389 e. The van der Waals surface area contributed by atoms with Gasteiger partial charge in [-0.2, -0.15) is 12.6 Å². The molecule has 2 unspecified atom stereocenters. The van der Waals surface area contributed by atoms with Gasteiger partial charge in [0.25, 0.3) is 0 Å². The predicted molar refractivity (Wildman–Crippen MR) is 66.6 cm³/mol. The minimum absolute atomic E-state index is 0.253. The van der Waals surface area contributed by atoms with E-state index in [-0.39, 0.29) is 5.75 Å². The third-order valence-corrected chi connectivity index (χ3v) is 3.73. The smallest absolute Gasteiger partial charge is 0.107 e. The van der Waals surface area contributed by atoms with E-state index in [1.165, 1.54) is 0 Å². The van der Waals surface area contributed by atoms with Crippen LogP contribution in [0.4, 0.5) is 0 Å². The fourth-order valence-electron chi connectivity index (χ4n) is 1.56. The SMILES string of the molecule is OC(CS)C(O)c1cccc2ccsc12. The van der Waals surface area contributed by atoms with Gasteiger partial charge in [-0.25, -0.2) is 0 Å². The van der Waals surface area contributed by atoms with Crippen LogP contribution in [0.5, 0.6) is 0 Å². The number of thiophene rings is 1. The first kappa shape index (κ1) is 11.0. The van der Waals surface area contributed by atoms with E-state index < -0.39 is 12.2 Å². The van der Waals surface area contributed by atoms with Crippen LogP contribution < -0.4 is 0 Å². The Bertz CT molecular complexity index is 453. The second-order valence-corrected chi connectivity index (χ2v) is 4.66. The quantitative estimate of drug-likeness (QED) is 0.720. The summed E-state index contributed by atoms with van der Waals surface area (Å²) >= 11 is 5.55. The normalized spacial score (nSPS) is 15.4. The molecule has 1 aromatic carbocycles. The number of rotatable bonds is 3. The van der Waals surface area contributed by atoms with Gasteiger partial charge in [-0.1, -0.05) is 18.2 Å². The lowest BCUT2D eigenvalue weighted by atomic mass is 10.0. The number of benzene rings is 1. The molecule has 4 heteroatoms. The van der Waals surface area contributed by atoms with Gasteiger partial charge in [-0.3, -0.25) is 0 Å². The van der Waals surface area contributed by atoms with Crippen LogP contribution in [-0.4, -0.2) is 22.1 Å². The number of aliphatic hydroxyl groups excluding tert-OH is 2. The maximum Gasteiger partial charge on any atom is 0.107 e. The number of thiol groups is 1. The number of hydrogen-bond donors (Lipinski definition) is 3. The zero-order valence-corrected chi connectivity index (χ0v) is 9.71. The molecule has 2 rings (SSSR count). The van der Waals surface area contributed by atoms with Crippen molar-refractivity contribution in [1.82, 2.24) is 0 Å². The van der Waals surface area contributed by atoms with Gasteiger partial charge in [0, 0.05) is 16.0 Å². The minimum atomic E-state index is -0.857. The van der Waals surface area contributed by atoms with Crippen LogP contribution in [0.1, 0.15) is 11.7 Å². The molecule has 0 aliphatic carbocycles. The molecule has 2 atom stereocenters. The molecule has 80 valence electrons. The first-order chi connectivity index (χ1) is 7.24. The molecule has 0 bridgehead atoms. The zero-order valence-electron chi connectivity index (χ0n) is 8.00. The second kappa shape index (κ2) is 4.53. The summed E-state index contributed by atoms with van der Waals surface area (Å²) in [5, 5.41) is 22.5. The van der Waals surface area contributed by atoms with Crippen molar-refractivity contribution < 1.29 is 10.2 Å². The van der Waals surface area contributed by atoms with Gasteiger partial charge >= 0.3 is 0 Å². The maximum absolute atomic E-state index is 9.91. The fourth-order valence-corrected chi connectivity index (χ4v) is 2.70. The Morgan fingerprint density at radius 2 is 2.07 bits per heavy atom. The average molecular weight is 240 g/mol. The lowest BCUT2D eigenvalue weighted by Gasteiger charge is -2.16. The molecule has 0 saturated carbocycles. The Labute approximate surface area is 97.6 Å². The molecule has 2 aromatic rings. The maximum atomic E-state index is 9.91. The lowest BCUT2D eigenvalue weighted by Crippen LogP contribution is -2.19. The summed E-state index contributed by atoms with van der Waals surface area (Å²) in [6.45, 7) is 0. The Morgan fingerprint density at radius 1 is 1.27 bits per heavy atom. The molecular formula is C11H12O2S2. The second-order valence-electron chi connectivity index (χ2n) is 3.38. The van der Waals surface area contributed by atoms with E-state index in [9.17, 15) is 10.2 Å². The van der Waals surface area contributed by atoms with Gasteiger partial charge in [0.05, 0.1) is 6.10 Å². The van der Waals surface area contributed by atoms with E-state index in [0.717, 1.165) is 15.6 Å². The summed E-state index contributed by atoms with van der Waals surface area (Å²) in [7, 11) is 0. The largest absolute Gasteiger partial charge is 0.389 e. The molecule has 0 spiro atoms. The van der Waals surface area contributed by atoms with E-state index in [2.05, 4.69) is 12.6 Å². The molecule has 0 radical (unpaired) electrons. The van der Waals surface area contributed by atoms with Crippen LogP contribution >= 0.6 is 24.0 Å². The molecule has 1 aromatic heterocycles. The molecule has 0 fully saturated rings. The molecule has 0 aliphatic rings. The number of hydrogen-bond acceptors (Lipinski definition) is 4. The Hall–Kier alpha value is -0.550. The summed E-state index contributed by atoms with van der Waals surface area (Å²) in [4.78, 5) is 0. The topological polar surface area (TPSA) is 40.5 Å². The van der Waals surface area contributed by atoms with Crippen molar-refractivity contribution in [3.8, 4) is 0 Å². The molecule has 2 nitrogen and oxygen atoms in total. The summed E-state index contributed by atoms with van der Waals surface area (Å²) in [6.07, 6.45) is -1.68. The van der Waals surface area contributed by atoms with Gasteiger partial charge in [0.15, 0.2) is 0 Å². The highest BCUT2D eigenvalue weighted by molar-refractivity contribution is 7.80. The predicted octanol–water partition coefficient (Wildman–Crippen LogP) is 2.23. The van der Waals surface area contributed by atoms with Crippen LogP contribution in [0.25, 0.3) is 10.1 Å². The van der Waals surface area contributed by atoms with Gasteiger partial charge in [-0.15, -0.1) is 11.3 Å². The average Bonchev–Trinajstić information content (AvgIpc) is 2.74. The van der Waals surface area contributed by atoms with E-state index in [1.54, 1.807) is 11.3 Å². The van der Waals surface area contributed by atoms with Crippen molar-refractivity contribution in [3.63, 3.8) is 0 Å². The van der Waals surface area contributed by atoms with Crippen LogP contribution in [0.2, 0.25) is 0 Å². The molecule has 15 heavy (non-hydrogen) atoms. The molecule has 1 heterocycles. The Kier molecular flexibility index (Phi) is 3.31. The molecule has 0 amide bonds. The number of aliphatic hydroxyl groups is 2. The van der Waals surface area contributed by atoms with E-state index in [0.29, 0.717) is 0 Å². The summed E-state index contributed by atoms with van der Waals surface area (Å²) in [5.74, 6) is 0.253. The number of fused-ring (bicyclic) bond motifs is 1. The molecular weight excluding hydrogens is 228 g/mol. The van der Waals surface area contributed by atoms with Gasteiger partial charge in [0.1, 0.15) is 6.10 Å². The fraction of sp³-hybridized carbons (Fsp3) is 0.273. The summed E-state index contributed by atoms with van der Waals surface area (Å²) in [6, 6.07) is 7.73. The van der Waals surface area contributed by atoms with Crippen LogP contribution in [0.15, 0.2) is 29.6 Å². The van der Waals surface area contributed by atoms with Crippen molar-refractivity contribution in [3.05, 3.63) is 35.2 Å². The first-order valence-electron chi connectivity index (χ1n) is 4.67. The summed E-state index contributed by atoms with van der Waals surface area (Å²) < 4.78 is 1.03. The van der Waals surface area contributed by atoms with Crippen molar-refractivity contribution in [2.24, 2.45) is 0 Å². The molecule has 2 N–H and O–H groups in total. The van der Waals surface area contributed by atoms with E-state index in [4.69, 9.17) is 0 Å². The highest BCUT2D eigenvalue weighted by Gasteiger charge is 2.19. The van der Waals surface area contributed by atoms with Gasteiger partial charge in [0.2, 0.25) is 0 Å². The third kappa shape index (κ3) is 2.03. The molecule has 0 saturated heterocycles. The first-order valence-corrected chi connectivity index (χ1v) is 6.18. The van der Waals surface area contributed by atoms with Crippen molar-refractivity contribution in [1.29, 1.82) is 0 Å². The summed E-state index contributed by atoms with van der Waals surface area (Å²) in [5.41, 5.74) is 0.782. The Morgan fingerprint density at radius 3 is 2.80 bits per heavy atom. The molecule has 0 aliphatic heterocycles. The van der Waals surface area contributed by atoms with Crippen LogP contribution in [-0.2, 0) is 0 Å². The lowest BCUT2D eigenvalue weighted by molar-refractivity contribution is 0.0348. The van der Waals surface area contributed by atoms with Crippen LogP contribution in [0.3, 0.4) is 0 Å². The third-order valence-electron chi connectivity index (χ3n) is 2.38. The van der Waals surface area contributed by atoms with E-state index >= 15 is 0 Å². The standard InChI is InChI=1S/C11H12O2S2/c12-9(6-14)10(13)8-3-1-2-7-4-5-15-11(7)8/h1-5,9-10,12-14H,6H2.